The number of ether oxygens (including phenoxy) is 1. The molecule has 1 aromatic heterocycles. The fraction of sp³-hybridized carbons (Fsp3) is 0.346. The van der Waals surface area contributed by atoms with Crippen molar-refractivity contribution in [3.05, 3.63) is 69.7 Å². The van der Waals surface area contributed by atoms with Gasteiger partial charge in [-0.3, -0.25) is 4.79 Å². The maximum Gasteiger partial charge on any atom is 0.341 e. The first-order chi connectivity index (χ1) is 15.3. The van der Waals surface area contributed by atoms with Crippen LogP contribution in [0, 0.1) is 6.92 Å². The van der Waals surface area contributed by atoms with Crippen LogP contribution in [-0.2, 0) is 17.6 Å². The third-order valence-corrected chi connectivity index (χ3v) is 6.45. The van der Waals surface area contributed by atoms with Gasteiger partial charge in [0.1, 0.15) is 10.8 Å². The van der Waals surface area contributed by atoms with E-state index in [1.165, 1.54) is 5.56 Å². The molecule has 3 rings (SSSR count). The van der Waals surface area contributed by atoms with Crippen LogP contribution in [-0.4, -0.2) is 28.4 Å². The number of nitrogens with zero attached hydrogens (tertiary/aromatic N) is 1. The smallest absolute Gasteiger partial charge is 0.341 e. The largest absolute Gasteiger partial charge is 0.482 e. The lowest BCUT2D eigenvalue weighted by Crippen LogP contribution is -2.11. The van der Waals surface area contributed by atoms with Gasteiger partial charge in [0.2, 0.25) is 0 Å². The van der Waals surface area contributed by atoms with Gasteiger partial charge in [0.05, 0.1) is 5.69 Å². The summed E-state index contributed by atoms with van der Waals surface area (Å²) in [6, 6.07) is 13.6. The molecule has 1 N–H and O–H groups in total. The molecule has 0 spiro atoms. The molecule has 0 aliphatic heterocycles. The van der Waals surface area contributed by atoms with Crippen LogP contribution in [0.2, 0.25) is 0 Å². The maximum atomic E-state index is 12.9. The fourth-order valence-electron chi connectivity index (χ4n) is 3.49. The molecule has 168 valence electrons. The van der Waals surface area contributed by atoms with Crippen molar-refractivity contribution in [3.63, 3.8) is 0 Å². The molecule has 0 radical (unpaired) electrons. The van der Waals surface area contributed by atoms with Gasteiger partial charge in [-0.15, -0.1) is 11.3 Å². The first-order valence-electron chi connectivity index (χ1n) is 10.9. The van der Waals surface area contributed by atoms with Gasteiger partial charge in [-0.05, 0) is 49.4 Å². The van der Waals surface area contributed by atoms with Crippen molar-refractivity contribution in [3.8, 4) is 16.3 Å². The lowest BCUT2D eigenvalue weighted by Gasteiger charge is -2.11. The molecule has 0 saturated carbocycles. The molecule has 0 unspecified atom stereocenters. The number of carboxylic acids is 1. The van der Waals surface area contributed by atoms with E-state index in [1.54, 1.807) is 23.5 Å². The van der Waals surface area contributed by atoms with Crippen molar-refractivity contribution in [1.82, 2.24) is 4.98 Å². The van der Waals surface area contributed by atoms with Crippen LogP contribution in [0.4, 0.5) is 0 Å². The first-order valence-corrected chi connectivity index (χ1v) is 11.7. The number of benzene rings is 2. The van der Waals surface area contributed by atoms with Crippen LogP contribution >= 0.6 is 11.3 Å². The summed E-state index contributed by atoms with van der Waals surface area (Å²) in [6.07, 6.45) is 1.70. The van der Waals surface area contributed by atoms with Crippen molar-refractivity contribution in [2.45, 2.75) is 52.9 Å². The molecule has 6 heteroatoms. The fourth-order valence-corrected chi connectivity index (χ4v) is 4.72. The molecule has 0 aliphatic carbocycles. The normalized spacial score (nSPS) is 11.0. The SMILES string of the molecule is CCc1cc(C(=O)CCc2sc(-c3ccc(C)cc3)nc2C(C)C)ccc1OCC(=O)O. The second-order valence-electron chi connectivity index (χ2n) is 8.13. The molecule has 0 aliphatic rings. The molecule has 32 heavy (non-hydrogen) atoms. The van der Waals surface area contributed by atoms with Crippen molar-refractivity contribution in [2.75, 3.05) is 6.61 Å². The Morgan fingerprint density at radius 3 is 2.47 bits per heavy atom. The second-order valence-corrected chi connectivity index (χ2v) is 9.21. The van der Waals surface area contributed by atoms with Crippen LogP contribution in [0.1, 0.15) is 65.2 Å². The molecule has 3 aromatic rings. The highest BCUT2D eigenvalue weighted by Crippen LogP contribution is 2.33. The Hall–Kier alpha value is -2.99. The highest BCUT2D eigenvalue weighted by Gasteiger charge is 2.18. The second kappa shape index (κ2) is 10.6. The highest BCUT2D eigenvalue weighted by molar-refractivity contribution is 7.15. The lowest BCUT2D eigenvalue weighted by atomic mass is 10.0. The van der Waals surface area contributed by atoms with E-state index in [-0.39, 0.29) is 11.7 Å². The minimum Gasteiger partial charge on any atom is -0.482 e. The molecule has 2 aromatic carbocycles. The van der Waals surface area contributed by atoms with Gasteiger partial charge in [-0.25, -0.2) is 9.78 Å². The number of carboxylic acid groups (broad SMARTS) is 1. The van der Waals surface area contributed by atoms with Crippen molar-refractivity contribution < 1.29 is 19.4 Å². The summed E-state index contributed by atoms with van der Waals surface area (Å²) in [7, 11) is 0. The Morgan fingerprint density at radius 1 is 1.12 bits per heavy atom. The molecule has 0 saturated heterocycles. The van der Waals surface area contributed by atoms with Gasteiger partial charge in [0.25, 0.3) is 0 Å². The predicted octanol–water partition coefficient (Wildman–Crippen LogP) is 6.08. The molecule has 0 bridgehead atoms. The summed E-state index contributed by atoms with van der Waals surface area (Å²) in [5.74, 6) is -0.168. The Bertz CT molecular complexity index is 1100. The summed E-state index contributed by atoms with van der Waals surface area (Å²) >= 11 is 1.66. The van der Waals surface area contributed by atoms with Gasteiger partial charge in [0.15, 0.2) is 12.4 Å². The molecular weight excluding hydrogens is 422 g/mol. The third kappa shape index (κ3) is 5.82. The number of Topliss-reactive ketones (excluding diaryl/α,β-unsaturated/α-hetero) is 1. The number of carbonyl (C=O) groups is 2. The van der Waals surface area contributed by atoms with E-state index in [1.807, 2.05) is 13.0 Å². The Balaban J connectivity index is 1.75. The molecular formula is C26H29NO4S. The van der Waals surface area contributed by atoms with E-state index in [4.69, 9.17) is 14.8 Å². The predicted molar refractivity (Wildman–Crippen MR) is 128 cm³/mol. The van der Waals surface area contributed by atoms with Gasteiger partial charge < -0.3 is 9.84 Å². The Labute approximate surface area is 193 Å². The van der Waals surface area contributed by atoms with Crippen LogP contribution in [0.5, 0.6) is 5.75 Å². The summed E-state index contributed by atoms with van der Waals surface area (Å²) in [6.45, 7) is 7.88. The topological polar surface area (TPSA) is 76.5 Å². The van der Waals surface area contributed by atoms with Gasteiger partial charge in [-0.1, -0.05) is 50.6 Å². The number of hydrogen-bond acceptors (Lipinski definition) is 5. The zero-order valence-electron chi connectivity index (χ0n) is 19.0. The Morgan fingerprint density at radius 2 is 1.84 bits per heavy atom. The number of ketones is 1. The average molecular weight is 452 g/mol. The summed E-state index contributed by atoms with van der Waals surface area (Å²) in [5, 5.41) is 9.81. The zero-order chi connectivity index (χ0) is 23.3. The summed E-state index contributed by atoms with van der Waals surface area (Å²) in [4.78, 5) is 29.7. The van der Waals surface area contributed by atoms with E-state index in [9.17, 15) is 9.59 Å². The van der Waals surface area contributed by atoms with Crippen LogP contribution in [0.3, 0.4) is 0 Å². The number of thiazole rings is 1. The Kier molecular flexibility index (Phi) is 7.80. The number of aliphatic carboxylic acids is 1. The van der Waals surface area contributed by atoms with E-state index in [2.05, 4.69) is 45.0 Å². The van der Waals surface area contributed by atoms with E-state index < -0.39 is 12.6 Å². The molecule has 0 amide bonds. The number of aromatic nitrogens is 1. The van der Waals surface area contributed by atoms with Gasteiger partial charge in [-0.2, -0.15) is 0 Å². The van der Waals surface area contributed by atoms with Crippen LogP contribution in [0.25, 0.3) is 10.6 Å². The minimum atomic E-state index is -1.03. The van der Waals surface area contributed by atoms with E-state index in [0.717, 1.165) is 26.7 Å². The first kappa shape index (κ1) is 23.7. The van der Waals surface area contributed by atoms with Crippen molar-refractivity contribution in [1.29, 1.82) is 0 Å². The number of rotatable bonds is 10. The molecule has 0 fully saturated rings. The average Bonchev–Trinajstić information content (AvgIpc) is 3.21. The van der Waals surface area contributed by atoms with Crippen molar-refractivity contribution in [2.24, 2.45) is 0 Å². The molecule has 0 atom stereocenters. The summed E-state index contributed by atoms with van der Waals surface area (Å²) < 4.78 is 5.33. The van der Waals surface area contributed by atoms with E-state index >= 15 is 0 Å². The van der Waals surface area contributed by atoms with E-state index in [0.29, 0.717) is 30.6 Å². The van der Waals surface area contributed by atoms with Crippen molar-refractivity contribution >= 4 is 23.1 Å². The standard InChI is InChI=1S/C26H29NO4S/c1-5-18-14-20(10-12-22(18)31-15-24(29)30)21(28)11-13-23-25(16(2)3)27-26(32-23)19-8-6-17(4)7-9-19/h6-10,12,14,16H,5,11,13,15H2,1-4H3,(H,29,30). The third-order valence-electron chi connectivity index (χ3n) is 5.27. The minimum absolute atomic E-state index is 0.0597. The number of carbonyl (C=O) groups excluding carboxylic acids is 1. The molecule has 5 nitrogen and oxygen atoms in total. The quantitative estimate of drug-likeness (QED) is 0.378. The van der Waals surface area contributed by atoms with Gasteiger partial charge in [0, 0.05) is 22.4 Å². The molecule has 1 heterocycles. The highest BCUT2D eigenvalue weighted by atomic mass is 32.1. The number of aryl methyl sites for hydroxylation is 3. The zero-order valence-corrected chi connectivity index (χ0v) is 19.8. The number of hydrogen-bond donors (Lipinski definition) is 1. The monoisotopic (exact) mass is 451 g/mol. The van der Waals surface area contributed by atoms with Crippen LogP contribution in [0.15, 0.2) is 42.5 Å². The lowest BCUT2D eigenvalue weighted by molar-refractivity contribution is -0.139. The van der Waals surface area contributed by atoms with Crippen LogP contribution < -0.4 is 4.74 Å². The maximum absolute atomic E-state index is 12.9. The summed E-state index contributed by atoms with van der Waals surface area (Å²) in [5.41, 5.74) is 4.83. The van der Waals surface area contributed by atoms with Gasteiger partial charge >= 0.3 is 5.97 Å².